The number of aromatic nitrogens is 2. The maximum Gasteiger partial charge on any atom is 0.435 e. The van der Waals surface area contributed by atoms with Gasteiger partial charge in [0.2, 0.25) is 0 Å². The van der Waals surface area contributed by atoms with Gasteiger partial charge in [-0.1, -0.05) is 13.8 Å². The normalized spacial score (nSPS) is 19.5. The van der Waals surface area contributed by atoms with E-state index in [0.29, 0.717) is 0 Å². The molecule has 3 nitrogen and oxygen atoms in total. The third-order valence-electron chi connectivity index (χ3n) is 3.80. The standard InChI is InChI=1S/C11H16F3N3/c1-9(2,10(15)4-5-10)7-6-17(3)16-8(7)11(12,13)14/h6H,4-5,15H2,1-3H3. The Morgan fingerprint density at radius 1 is 1.35 bits per heavy atom. The minimum Gasteiger partial charge on any atom is -0.324 e. The van der Waals surface area contributed by atoms with Crippen LogP contribution in [0.25, 0.3) is 0 Å². The molecule has 0 radical (unpaired) electrons. The van der Waals surface area contributed by atoms with E-state index >= 15 is 0 Å². The highest BCUT2D eigenvalue weighted by molar-refractivity contribution is 5.35. The van der Waals surface area contributed by atoms with Crippen molar-refractivity contribution in [3.05, 3.63) is 17.5 Å². The van der Waals surface area contributed by atoms with Gasteiger partial charge in [-0.05, 0) is 12.8 Å². The Balaban J connectivity index is 2.52. The second-order valence-corrected chi connectivity index (χ2v) is 5.34. The highest BCUT2D eigenvalue weighted by Gasteiger charge is 2.55. The average molecular weight is 247 g/mol. The zero-order chi connectivity index (χ0) is 13.1. The molecule has 0 aromatic carbocycles. The van der Waals surface area contributed by atoms with Crippen molar-refractivity contribution in [2.24, 2.45) is 12.8 Å². The van der Waals surface area contributed by atoms with E-state index in [2.05, 4.69) is 5.10 Å². The first-order chi connectivity index (χ1) is 7.58. The maximum absolute atomic E-state index is 12.9. The van der Waals surface area contributed by atoms with Crippen LogP contribution < -0.4 is 5.73 Å². The second kappa shape index (κ2) is 3.25. The molecular formula is C11H16F3N3. The van der Waals surface area contributed by atoms with Crippen LogP contribution >= 0.6 is 0 Å². The van der Waals surface area contributed by atoms with Gasteiger partial charge >= 0.3 is 6.18 Å². The molecule has 1 aromatic heterocycles. The van der Waals surface area contributed by atoms with Gasteiger partial charge in [-0.25, -0.2) is 0 Å². The fraction of sp³-hybridized carbons (Fsp3) is 0.727. The van der Waals surface area contributed by atoms with Crippen LogP contribution in [-0.4, -0.2) is 15.3 Å². The fourth-order valence-corrected chi connectivity index (χ4v) is 2.18. The summed E-state index contributed by atoms with van der Waals surface area (Å²) in [4.78, 5) is 0. The van der Waals surface area contributed by atoms with Crippen molar-refractivity contribution in [2.75, 3.05) is 0 Å². The van der Waals surface area contributed by atoms with Crippen LogP contribution in [0.1, 0.15) is 37.9 Å². The summed E-state index contributed by atoms with van der Waals surface area (Å²) < 4.78 is 39.9. The number of halogens is 3. The molecule has 1 saturated carbocycles. The quantitative estimate of drug-likeness (QED) is 0.870. The summed E-state index contributed by atoms with van der Waals surface area (Å²) in [7, 11) is 1.49. The maximum atomic E-state index is 12.9. The summed E-state index contributed by atoms with van der Waals surface area (Å²) in [6, 6.07) is 0. The third-order valence-corrected chi connectivity index (χ3v) is 3.80. The van der Waals surface area contributed by atoms with E-state index in [0.717, 1.165) is 12.8 Å². The highest BCUT2D eigenvalue weighted by atomic mass is 19.4. The van der Waals surface area contributed by atoms with E-state index in [1.807, 2.05) is 0 Å². The number of aryl methyl sites for hydroxylation is 1. The first-order valence-corrected chi connectivity index (χ1v) is 5.48. The van der Waals surface area contributed by atoms with E-state index in [9.17, 15) is 13.2 Å². The summed E-state index contributed by atoms with van der Waals surface area (Å²) >= 11 is 0. The number of rotatable bonds is 2. The predicted molar refractivity (Wildman–Crippen MR) is 57.4 cm³/mol. The molecule has 2 N–H and O–H groups in total. The lowest BCUT2D eigenvalue weighted by Crippen LogP contribution is -2.44. The zero-order valence-electron chi connectivity index (χ0n) is 10.1. The largest absolute Gasteiger partial charge is 0.435 e. The Bertz CT molecular complexity index is 441. The van der Waals surface area contributed by atoms with Crippen molar-refractivity contribution >= 4 is 0 Å². The number of hydrogen-bond donors (Lipinski definition) is 1. The number of nitrogens with two attached hydrogens (primary N) is 1. The Morgan fingerprint density at radius 2 is 1.88 bits per heavy atom. The molecule has 1 fully saturated rings. The van der Waals surface area contributed by atoms with Crippen LogP contribution in [0.2, 0.25) is 0 Å². The van der Waals surface area contributed by atoms with Crippen LogP contribution in [0.4, 0.5) is 13.2 Å². The van der Waals surface area contributed by atoms with Crippen molar-refractivity contribution < 1.29 is 13.2 Å². The fourth-order valence-electron chi connectivity index (χ4n) is 2.18. The molecular weight excluding hydrogens is 231 g/mol. The molecule has 6 heteroatoms. The number of alkyl halides is 3. The molecule has 1 aliphatic rings. The summed E-state index contributed by atoms with van der Waals surface area (Å²) in [6.07, 6.45) is -1.49. The molecule has 17 heavy (non-hydrogen) atoms. The Kier molecular flexibility index (Phi) is 2.37. The van der Waals surface area contributed by atoms with Gasteiger partial charge in [0.15, 0.2) is 5.69 Å². The topological polar surface area (TPSA) is 43.8 Å². The van der Waals surface area contributed by atoms with E-state index in [4.69, 9.17) is 5.73 Å². The Morgan fingerprint density at radius 3 is 2.29 bits per heavy atom. The molecule has 0 atom stereocenters. The third kappa shape index (κ3) is 1.84. The van der Waals surface area contributed by atoms with Gasteiger partial charge in [0.05, 0.1) is 0 Å². The van der Waals surface area contributed by atoms with Crippen LogP contribution in [0.15, 0.2) is 6.20 Å². The molecule has 0 saturated heterocycles. The monoisotopic (exact) mass is 247 g/mol. The lowest BCUT2D eigenvalue weighted by atomic mass is 9.76. The Hall–Kier alpha value is -1.04. The van der Waals surface area contributed by atoms with Crippen LogP contribution in [0.3, 0.4) is 0 Å². The highest BCUT2D eigenvalue weighted by Crippen LogP contribution is 2.51. The molecule has 1 aromatic rings. The minimum atomic E-state index is -4.43. The van der Waals surface area contributed by atoms with E-state index < -0.39 is 22.8 Å². The van der Waals surface area contributed by atoms with Crippen molar-refractivity contribution in [2.45, 2.75) is 43.8 Å². The summed E-state index contributed by atoms with van der Waals surface area (Å²) in [5.41, 5.74) is 4.20. The molecule has 96 valence electrons. The predicted octanol–water partition coefficient (Wildman–Crippen LogP) is 2.21. The van der Waals surface area contributed by atoms with Crippen molar-refractivity contribution in [1.82, 2.24) is 9.78 Å². The SMILES string of the molecule is Cn1cc(C(C)(C)C2(N)CC2)c(C(F)(F)F)n1. The lowest BCUT2D eigenvalue weighted by Gasteiger charge is -2.32. The number of hydrogen-bond acceptors (Lipinski definition) is 2. The average Bonchev–Trinajstić information content (AvgIpc) is 2.76. The summed E-state index contributed by atoms with van der Waals surface area (Å²) in [6.45, 7) is 3.51. The summed E-state index contributed by atoms with van der Waals surface area (Å²) in [5.74, 6) is 0. The smallest absolute Gasteiger partial charge is 0.324 e. The van der Waals surface area contributed by atoms with Crippen LogP contribution in [-0.2, 0) is 18.6 Å². The van der Waals surface area contributed by atoms with Crippen molar-refractivity contribution in [3.8, 4) is 0 Å². The van der Waals surface area contributed by atoms with Gasteiger partial charge in [-0.2, -0.15) is 18.3 Å². The second-order valence-electron chi connectivity index (χ2n) is 5.34. The molecule has 0 aliphatic heterocycles. The molecule has 2 rings (SSSR count). The molecule has 0 unspecified atom stereocenters. The lowest BCUT2D eigenvalue weighted by molar-refractivity contribution is -0.142. The zero-order valence-corrected chi connectivity index (χ0v) is 10.1. The van der Waals surface area contributed by atoms with Crippen LogP contribution in [0, 0.1) is 0 Å². The van der Waals surface area contributed by atoms with E-state index in [-0.39, 0.29) is 5.56 Å². The van der Waals surface area contributed by atoms with Gasteiger partial charge in [-0.3, -0.25) is 4.68 Å². The van der Waals surface area contributed by atoms with Gasteiger partial charge in [-0.15, -0.1) is 0 Å². The minimum absolute atomic E-state index is 0.188. The molecule has 1 aliphatic carbocycles. The summed E-state index contributed by atoms with van der Waals surface area (Å²) in [5, 5.41) is 3.53. The first-order valence-electron chi connectivity index (χ1n) is 5.48. The van der Waals surface area contributed by atoms with E-state index in [1.165, 1.54) is 17.9 Å². The van der Waals surface area contributed by atoms with E-state index in [1.54, 1.807) is 13.8 Å². The Labute approximate surface area is 97.8 Å². The number of nitrogens with zero attached hydrogens (tertiary/aromatic N) is 2. The van der Waals surface area contributed by atoms with Gasteiger partial charge < -0.3 is 5.73 Å². The molecule has 1 heterocycles. The van der Waals surface area contributed by atoms with Gasteiger partial charge in [0.1, 0.15) is 0 Å². The van der Waals surface area contributed by atoms with Gasteiger partial charge in [0.25, 0.3) is 0 Å². The molecule has 0 spiro atoms. The first kappa shape index (κ1) is 12.4. The van der Waals surface area contributed by atoms with Gasteiger partial charge in [0, 0.05) is 29.8 Å². The van der Waals surface area contributed by atoms with Crippen LogP contribution in [0.5, 0.6) is 0 Å². The van der Waals surface area contributed by atoms with Crippen molar-refractivity contribution in [1.29, 1.82) is 0 Å². The molecule has 0 amide bonds. The van der Waals surface area contributed by atoms with Crippen molar-refractivity contribution in [3.63, 3.8) is 0 Å². The molecule has 0 bridgehead atoms.